The van der Waals surface area contributed by atoms with Gasteiger partial charge in [-0.1, -0.05) is 55.7 Å². The first-order valence-corrected chi connectivity index (χ1v) is 11.3. The zero-order valence-corrected chi connectivity index (χ0v) is 16.2. The first kappa shape index (κ1) is 19.1. The summed E-state index contributed by atoms with van der Waals surface area (Å²) < 4.78 is 28.0. The number of hydrogen-bond acceptors (Lipinski definition) is 4. The van der Waals surface area contributed by atoms with Gasteiger partial charge in [0, 0.05) is 6.04 Å². The molecule has 1 saturated carbocycles. The van der Waals surface area contributed by atoms with E-state index in [0.717, 1.165) is 42.6 Å². The van der Waals surface area contributed by atoms with Crippen LogP contribution in [0.1, 0.15) is 37.7 Å². The summed E-state index contributed by atoms with van der Waals surface area (Å²) in [7, 11) is -3.71. The predicted octanol–water partition coefficient (Wildman–Crippen LogP) is 3.09. The van der Waals surface area contributed by atoms with E-state index in [4.69, 9.17) is 0 Å². The van der Waals surface area contributed by atoms with Crippen LogP contribution in [0.25, 0.3) is 0 Å². The molecule has 0 aliphatic heterocycles. The van der Waals surface area contributed by atoms with Gasteiger partial charge in [0.2, 0.25) is 5.91 Å². The molecule has 3 rings (SSSR count). The molecule has 1 fully saturated rings. The molecule has 26 heavy (non-hydrogen) atoms. The molecular weight excluding hydrogens is 368 g/mol. The minimum Gasteiger partial charge on any atom is -0.352 e. The lowest BCUT2D eigenvalue weighted by molar-refractivity contribution is -0.123. The van der Waals surface area contributed by atoms with Crippen LogP contribution in [0.2, 0.25) is 0 Å². The second kappa shape index (κ2) is 8.79. The molecule has 2 aromatic rings. The normalized spacial score (nSPS) is 16.9. The van der Waals surface area contributed by atoms with E-state index >= 15 is 0 Å². The molecule has 140 valence electrons. The lowest BCUT2D eigenvalue weighted by Crippen LogP contribution is -2.50. The SMILES string of the molecule is O=C(NC1CCCCC1)[C@H](Cc1ccccc1)NS(=O)(=O)c1cccs1. The van der Waals surface area contributed by atoms with Crippen LogP contribution in [0.4, 0.5) is 0 Å². The lowest BCUT2D eigenvalue weighted by atomic mass is 9.95. The van der Waals surface area contributed by atoms with Gasteiger partial charge in [-0.05, 0) is 36.3 Å². The summed E-state index contributed by atoms with van der Waals surface area (Å²) in [6.07, 6.45) is 5.65. The topological polar surface area (TPSA) is 75.3 Å². The summed E-state index contributed by atoms with van der Waals surface area (Å²) in [6.45, 7) is 0. The van der Waals surface area contributed by atoms with Crippen LogP contribution in [0.15, 0.2) is 52.1 Å². The Morgan fingerprint density at radius 2 is 1.81 bits per heavy atom. The molecule has 0 unspecified atom stereocenters. The van der Waals surface area contributed by atoms with E-state index in [-0.39, 0.29) is 16.2 Å². The first-order chi connectivity index (χ1) is 12.5. The molecular formula is C19H24N2O3S2. The molecule has 0 radical (unpaired) electrons. The van der Waals surface area contributed by atoms with Crippen LogP contribution in [0.5, 0.6) is 0 Å². The highest BCUT2D eigenvalue weighted by Gasteiger charge is 2.28. The van der Waals surface area contributed by atoms with Gasteiger partial charge in [-0.15, -0.1) is 11.3 Å². The second-order valence-electron chi connectivity index (χ2n) is 6.64. The number of nitrogens with one attached hydrogen (secondary N) is 2. The number of carbonyl (C=O) groups excluding carboxylic acids is 1. The molecule has 1 aromatic heterocycles. The molecule has 7 heteroatoms. The van der Waals surface area contributed by atoms with Crippen molar-refractivity contribution in [1.29, 1.82) is 0 Å². The molecule has 0 saturated heterocycles. The van der Waals surface area contributed by atoms with Crippen molar-refractivity contribution in [2.45, 2.75) is 54.8 Å². The zero-order chi connectivity index (χ0) is 18.4. The Bertz CT molecular complexity index is 799. The average molecular weight is 393 g/mol. The van der Waals surface area contributed by atoms with Crippen molar-refractivity contribution in [1.82, 2.24) is 10.0 Å². The minimum absolute atomic E-state index is 0.140. The van der Waals surface area contributed by atoms with Crippen LogP contribution in [0, 0.1) is 0 Å². The third-order valence-electron chi connectivity index (χ3n) is 4.61. The van der Waals surface area contributed by atoms with Gasteiger partial charge in [0.1, 0.15) is 10.3 Å². The standard InChI is InChI=1S/C19H24N2O3S2/c22-19(20-16-10-5-2-6-11-16)17(14-15-8-3-1-4-9-15)21-26(23,24)18-12-7-13-25-18/h1,3-4,7-9,12-13,16-17,21H,2,5-6,10-11,14H2,(H,20,22)/t17-/m0/s1. The van der Waals surface area contributed by atoms with Crippen LogP contribution in [0.3, 0.4) is 0 Å². The van der Waals surface area contributed by atoms with E-state index in [2.05, 4.69) is 10.0 Å². The van der Waals surface area contributed by atoms with Crippen molar-refractivity contribution in [2.75, 3.05) is 0 Å². The number of carbonyl (C=O) groups is 1. The quantitative estimate of drug-likeness (QED) is 0.760. The fourth-order valence-corrected chi connectivity index (χ4v) is 5.45. The van der Waals surface area contributed by atoms with Crippen LogP contribution < -0.4 is 10.0 Å². The van der Waals surface area contributed by atoms with E-state index in [1.54, 1.807) is 17.5 Å². The number of benzene rings is 1. The Labute approximate surface area is 158 Å². The van der Waals surface area contributed by atoms with Gasteiger partial charge in [-0.3, -0.25) is 4.79 Å². The lowest BCUT2D eigenvalue weighted by Gasteiger charge is -2.26. The summed E-state index contributed by atoms with van der Waals surface area (Å²) >= 11 is 1.14. The summed E-state index contributed by atoms with van der Waals surface area (Å²) in [4.78, 5) is 12.8. The highest BCUT2D eigenvalue weighted by atomic mass is 32.2. The van der Waals surface area contributed by atoms with E-state index in [1.165, 1.54) is 6.42 Å². The van der Waals surface area contributed by atoms with E-state index < -0.39 is 16.1 Å². The average Bonchev–Trinajstić information content (AvgIpc) is 3.18. The van der Waals surface area contributed by atoms with E-state index in [1.807, 2.05) is 30.3 Å². The van der Waals surface area contributed by atoms with Crippen LogP contribution in [-0.2, 0) is 21.2 Å². The largest absolute Gasteiger partial charge is 0.352 e. The molecule has 1 aliphatic rings. The number of hydrogen-bond donors (Lipinski definition) is 2. The van der Waals surface area contributed by atoms with Crippen molar-refractivity contribution in [2.24, 2.45) is 0 Å². The number of amides is 1. The molecule has 1 heterocycles. The zero-order valence-electron chi connectivity index (χ0n) is 14.6. The summed E-state index contributed by atoms with van der Waals surface area (Å²) in [6, 6.07) is 12.0. The molecule has 1 amide bonds. The van der Waals surface area contributed by atoms with Gasteiger partial charge in [0.05, 0.1) is 0 Å². The molecule has 0 bridgehead atoms. The smallest absolute Gasteiger partial charge is 0.250 e. The maximum atomic E-state index is 12.8. The maximum absolute atomic E-state index is 12.8. The third kappa shape index (κ3) is 5.16. The summed E-state index contributed by atoms with van der Waals surface area (Å²) in [5, 5.41) is 4.76. The molecule has 1 atom stereocenters. The minimum atomic E-state index is -3.71. The summed E-state index contributed by atoms with van der Waals surface area (Å²) in [5.74, 6) is -0.249. The maximum Gasteiger partial charge on any atom is 0.250 e. The van der Waals surface area contributed by atoms with Gasteiger partial charge in [0.15, 0.2) is 0 Å². The molecule has 0 spiro atoms. The predicted molar refractivity (Wildman–Crippen MR) is 104 cm³/mol. The van der Waals surface area contributed by atoms with Crippen molar-refractivity contribution >= 4 is 27.3 Å². The number of thiophene rings is 1. The van der Waals surface area contributed by atoms with Gasteiger partial charge >= 0.3 is 0 Å². The number of rotatable bonds is 7. The molecule has 5 nitrogen and oxygen atoms in total. The van der Waals surface area contributed by atoms with E-state index in [9.17, 15) is 13.2 Å². The van der Waals surface area contributed by atoms with Crippen molar-refractivity contribution in [3.05, 3.63) is 53.4 Å². The fourth-order valence-electron chi connectivity index (χ4n) is 3.25. The van der Waals surface area contributed by atoms with Gasteiger partial charge in [0.25, 0.3) is 10.0 Å². The first-order valence-electron chi connectivity index (χ1n) is 8.95. The summed E-state index contributed by atoms with van der Waals surface area (Å²) in [5.41, 5.74) is 0.921. The van der Waals surface area contributed by atoms with Crippen molar-refractivity contribution in [3.63, 3.8) is 0 Å². The van der Waals surface area contributed by atoms with Gasteiger partial charge in [-0.25, -0.2) is 8.42 Å². The highest BCUT2D eigenvalue weighted by molar-refractivity contribution is 7.91. The van der Waals surface area contributed by atoms with Gasteiger partial charge in [-0.2, -0.15) is 4.72 Å². The van der Waals surface area contributed by atoms with Gasteiger partial charge < -0.3 is 5.32 Å². The Kier molecular flexibility index (Phi) is 6.45. The van der Waals surface area contributed by atoms with Crippen molar-refractivity contribution < 1.29 is 13.2 Å². The second-order valence-corrected chi connectivity index (χ2v) is 9.53. The Morgan fingerprint density at radius 1 is 1.08 bits per heavy atom. The monoisotopic (exact) mass is 392 g/mol. The third-order valence-corrected chi connectivity index (χ3v) is 7.48. The molecule has 2 N–H and O–H groups in total. The molecule has 1 aliphatic carbocycles. The van der Waals surface area contributed by atoms with Crippen LogP contribution in [-0.4, -0.2) is 26.4 Å². The highest BCUT2D eigenvalue weighted by Crippen LogP contribution is 2.19. The van der Waals surface area contributed by atoms with E-state index in [0.29, 0.717) is 6.42 Å². The fraction of sp³-hybridized carbons (Fsp3) is 0.421. The van der Waals surface area contributed by atoms with Crippen LogP contribution >= 0.6 is 11.3 Å². The Balaban J connectivity index is 1.75. The van der Waals surface area contributed by atoms with Crippen molar-refractivity contribution in [3.8, 4) is 0 Å². The Hall–Kier alpha value is -1.70. The number of sulfonamides is 1. The molecule has 1 aromatic carbocycles. The Morgan fingerprint density at radius 3 is 2.46 bits per heavy atom.